The molecule has 0 amide bonds. The second kappa shape index (κ2) is 5.08. The highest BCUT2D eigenvalue weighted by Crippen LogP contribution is 2.16. The minimum atomic E-state index is 0.124. The van der Waals surface area contributed by atoms with Gasteiger partial charge in [-0.3, -0.25) is 4.98 Å². The van der Waals surface area contributed by atoms with Crippen LogP contribution in [0.5, 0.6) is 0 Å². The first-order valence-corrected chi connectivity index (χ1v) is 5.33. The van der Waals surface area contributed by atoms with Crippen molar-refractivity contribution in [2.45, 2.75) is 13.0 Å². The number of nitrogens with zero attached hydrogens (tertiary/aromatic N) is 3. The van der Waals surface area contributed by atoms with Crippen molar-refractivity contribution in [3.8, 4) is 6.07 Å². The molecule has 0 aliphatic rings. The Labute approximate surface area is 100.0 Å². The fourth-order valence-corrected chi connectivity index (χ4v) is 1.53. The third kappa shape index (κ3) is 2.79. The van der Waals surface area contributed by atoms with E-state index in [2.05, 4.69) is 15.3 Å². The minimum Gasteiger partial charge on any atom is -0.364 e. The lowest BCUT2D eigenvalue weighted by Crippen LogP contribution is -2.08. The Morgan fingerprint density at radius 2 is 2.00 bits per heavy atom. The second-order valence-electron chi connectivity index (χ2n) is 3.67. The van der Waals surface area contributed by atoms with Crippen molar-refractivity contribution in [2.75, 3.05) is 5.32 Å². The predicted molar refractivity (Wildman–Crippen MR) is 65.2 cm³/mol. The predicted octanol–water partition coefficient (Wildman–Crippen LogP) is 2.52. The van der Waals surface area contributed by atoms with E-state index in [0.29, 0.717) is 11.5 Å². The second-order valence-corrected chi connectivity index (χ2v) is 3.67. The molecule has 0 aromatic carbocycles. The number of rotatable bonds is 3. The van der Waals surface area contributed by atoms with Crippen molar-refractivity contribution in [1.82, 2.24) is 9.97 Å². The first kappa shape index (κ1) is 11.1. The highest BCUT2D eigenvalue weighted by molar-refractivity contribution is 5.40. The van der Waals surface area contributed by atoms with Crippen molar-refractivity contribution in [3.63, 3.8) is 0 Å². The normalized spacial score (nSPS) is 11.5. The monoisotopic (exact) mass is 224 g/mol. The number of anilines is 1. The number of aromatic nitrogens is 2. The van der Waals surface area contributed by atoms with Gasteiger partial charge in [-0.1, -0.05) is 6.07 Å². The molecular weight excluding hydrogens is 212 g/mol. The van der Waals surface area contributed by atoms with Crippen LogP contribution in [-0.4, -0.2) is 9.97 Å². The van der Waals surface area contributed by atoms with E-state index in [1.54, 1.807) is 18.5 Å². The summed E-state index contributed by atoms with van der Waals surface area (Å²) in [6.45, 7) is 2.04. The zero-order valence-electron chi connectivity index (χ0n) is 9.46. The van der Waals surface area contributed by atoms with Gasteiger partial charge in [-0.25, -0.2) is 4.98 Å². The summed E-state index contributed by atoms with van der Waals surface area (Å²) in [5.41, 5.74) is 1.54. The Morgan fingerprint density at radius 3 is 2.71 bits per heavy atom. The summed E-state index contributed by atoms with van der Waals surface area (Å²) in [6.07, 6.45) is 3.51. The van der Waals surface area contributed by atoms with Crippen LogP contribution in [0.3, 0.4) is 0 Å². The zero-order valence-corrected chi connectivity index (χ0v) is 9.46. The highest BCUT2D eigenvalue weighted by Gasteiger charge is 2.05. The Bertz CT molecular complexity index is 531. The van der Waals surface area contributed by atoms with Crippen molar-refractivity contribution < 1.29 is 0 Å². The van der Waals surface area contributed by atoms with E-state index in [-0.39, 0.29) is 6.04 Å². The summed E-state index contributed by atoms with van der Waals surface area (Å²) in [4.78, 5) is 8.14. The van der Waals surface area contributed by atoms with Gasteiger partial charge in [0, 0.05) is 12.4 Å². The van der Waals surface area contributed by atoms with Crippen molar-refractivity contribution in [3.05, 3.63) is 54.0 Å². The largest absolute Gasteiger partial charge is 0.364 e. The van der Waals surface area contributed by atoms with Gasteiger partial charge in [-0.05, 0) is 36.8 Å². The lowest BCUT2D eigenvalue weighted by Gasteiger charge is -2.14. The van der Waals surface area contributed by atoms with Crippen molar-refractivity contribution in [1.29, 1.82) is 5.26 Å². The number of nitrogens with one attached hydrogen (secondary N) is 1. The van der Waals surface area contributed by atoms with Gasteiger partial charge >= 0.3 is 0 Å². The van der Waals surface area contributed by atoms with Gasteiger partial charge in [-0.15, -0.1) is 0 Å². The molecule has 0 aliphatic heterocycles. The molecule has 2 aromatic rings. The standard InChI is InChI=1S/C13H12N4/c1-10(11-5-7-15-8-6-11)16-13-4-2-3-12(9-14)17-13/h2-8,10H,1H3,(H,16,17). The molecule has 0 saturated carbocycles. The van der Waals surface area contributed by atoms with Gasteiger partial charge in [0.1, 0.15) is 17.6 Å². The highest BCUT2D eigenvalue weighted by atomic mass is 15.0. The fourth-order valence-electron chi connectivity index (χ4n) is 1.53. The summed E-state index contributed by atoms with van der Waals surface area (Å²) in [5, 5.41) is 12.0. The molecule has 2 aromatic heterocycles. The molecule has 0 spiro atoms. The molecule has 84 valence electrons. The summed E-state index contributed by atoms with van der Waals surface area (Å²) < 4.78 is 0. The number of nitriles is 1. The van der Waals surface area contributed by atoms with E-state index in [1.807, 2.05) is 37.3 Å². The summed E-state index contributed by atoms with van der Waals surface area (Å²) in [5.74, 6) is 0.702. The van der Waals surface area contributed by atoms with Crippen LogP contribution in [0.15, 0.2) is 42.7 Å². The summed E-state index contributed by atoms with van der Waals surface area (Å²) in [7, 11) is 0. The van der Waals surface area contributed by atoms with E-state index < -0.39 is 0 Å². The molecule has 4 nitrogen and oxygen atoms in total. The lowest BCUT2D eigenvalue weighted by molar-refractivity contribution is 0.870. The van der Waals surface area contributed by atoms with Gasteiger partial charge < -0.3 is 5.32 Å². The molecule has 0 radical (unpaired) electrons. The van der Waals surface area contributed by atoms with Crippen LogP contribution < -0.4 is 5.32 Å². The zero-order chi connectivity index (χ0) is 12.1. The molecule has 17 heavy (non-hydrogen) atoms. The SMILES string of the molecule is CC(Nc1cccc(C#N)n1)c1ccncc1. The van der Waals surface area contributed by atoms with Gasteiger partial charge in [0.15, 0.2) is 0 Å². The van der Waals surface area contributed by atoms with Crippen molar-refractivity contribution >= 4 is 5.82 Å². The molecule has 1 unspecified atom stereocenters. The third-order valence-corrected chi connectivity index (χ3v) is 2.43. The molecule has 0 bridgehead atoms. The topological polar surface area (TPSA) is 61.6 Å². The molecule has 1 N–H and O–H groups in total. The van der Waals surface area contributed by atoms with Crippen molar-refractivity contribution in [2.24, 2.45) is 0 Å². The third-order valence-electron chi connectivity index (χ3n) is 2.43. The molecule has 2 heterocycles. The van der Waals surface area contributed by atoms with Crippen LogP contribution in [0, 0.1) is 11.3 Å². The van der Waals surface area contributed by atoms with E-state index in [4.69, 9.17) is 5.26 Å². The van der Waals surface area contributed by atoms with E-state index in [0.717, 1.165) is 5.56 Å². The maximum Gasteiger partial charge on any atom is 0.142 e. The van der Waals surface area contributed by atoms with Crippen LogP contribution in [0.25, 0.3) is 0 Å². The fraction of sp³-hybridized carbons (Fsp3) is 0.154. The summed E-state index contributed by atoms with van der Waals surface area (Å²) in [6, 6.07) is 11.4. The van der Waals surface area contributed by atoms with E-state index >= 15 is 0 Å². The van der Waals surface area contributed by atoms with Crippen LogP contribution >= 0.6 is 0 Å². The number of hydrogen-bond donors (Lipinski definition) is 1. The van der Waals surface area contributed by atoms with E-state index in [9.17, 15) is 0 Å². The summed E-state index contributed by atoms with van der Waals surface area (Å²) >= 11 is 0. The van der Waals surface area contributed by atoms with Crippen LogP contribution in [0.2, 0.25) is 0 Å². The average molecular weight is 224 g/mol. The maximum absolute atomic E-state index is 8.76. The molecule has 0 aliphatic carbocycles. The van der Waals surface area contributed by atoms with Gasteiger partial charge in [-0.2, -0.15) is 5.26 Å². The minimum absolute atomic E-state index is 0.124. The Balaban J connectivity index is 2.13. The maximum atomic E-state index is 8.76. The molecule has 2 rings (SSSR count). The van der Waals surface area contributed by atoms with Crippen LogP contribution in [0.1, 0.15) is 24.2 Å². The first-order valence-electron chi connectivity index (χ1n) is 5.33. The molecule has 0 fully saturated rings. The van der Waals surface area contributed by atoms with Gasteiger partial charge in [0.2, 0.25) is 0 Å². The smallest absolute Gasteiger partial charge is 0.142 e. The number of hydrogen-bond acceptors (Lipinski definition) is 4. The van der Waals surface area contributed by atoms with E-state index in [1.165, 1.54) is 0 Å². The quantitative estimate of drug-likeness (QED) is 0.870. The molecule has 4 heteroatoms. The number of pyridine rings is 2. The first-order chi connectivity index (χ1) is 8.29. The Morgan fingerprint density at radius 1 is 1.24 bits per heavy atom. The molecule has 0 saturated heterocycles. The van der Waals surface area contributed by atoms with Crippen LogP contribution in [0.4, 0.5) is 5.82 Å². The van der Waals surface area contributed by atoms with Crippen LogP contribution in [-0.2, 0) is 0 Å². The molecular formula is C13H12N4. The average Bonchev–Trinajstić information content (AvgIpc) is 2.40. The lowest BCUT2D eigenvalue weighted by atomic mass is 10.1. The van der Waals surface area contributed by atoms with Gasteiger partial charge in [0.25, 0.3) is 0 Å². The van der Waals surface area contributed by atoms with Gasteiger partial charge in [0.05, 0.1) is 6.04 Å². The Kier molecular flexibility index (Phi) is 3.31. The molecule has 1 atom stereocenters. The Hall–Kier alpha value is -2.41.